The number of amides is 2. The summed E-state index contributed by atoms with van der Waals surface area (Å²) in [5.41, 5.74) is 2.66. The van der Waals surface area contributed by atoms with Crippen LogP contribution in [-0.4, -0.2) is 83.8 Å². The summed E-state index contributed by atoms with van der Waals surface area (Å²) >= 11 is 0. The third kappa shape index (κ3) is 5.83. The number of nitrogens with zero attached hydrogens (tertiary/aromatic N) is 4. The van der Waals surface area contributed by atoms with Crippen LogP contribution < -0.4 is 0 Å². The minimum absolute atomic E-state index is 0.182. The van der Waals surface area contributed by atoms with E-state index in [1.165, 1.54) is 36.8 Å². The Morgan fingerprint density at radius 2 is 0.971 bits per heavy atom. The molecule has 0 radical (unpaired) electrons. The molecule has 0 aliphatic carbocycles. The van der Waals surface area contributed by atoms with Gasteiger partial charge in [-0.3, -0.25) is 19.4 Å². The lowest BCUT2D eigenvalue weighted by Gasteiger charge is -2.34. The average molecular weight is 467 g/mol. The van der Waals surface area contributed by atoms with Gasteiger partial charge in [0.1, 0.15) is 0 Å². The van der Waals surface area contributed by atoms with E-state index in [1.54, 1.807) is 0 Å². The van der Waals surface area contributed by atoms with Crippen LogP contribution in [0, 0.1) is 11.8 Å². The standard InChI is InChI=1S/C28H42N4O2/c33-27(31-15-1-2-16-31)25-7-5-13-29(21-25)19-23-9-11-24(12-10-23)20-30-14-6-8-26(22-30)28(34)32-17-3-4-18-32/h9-12,25-26H,1-8,13-22H2. The Hall–Kier alpha value is -1.92. The van der Waals surface area contributed by atoms with Crippen molar-refractivity contribution in [3.8, 4) is 0 Å². The highest BCUT2D eigenvalue weighted by molar-refractivity contribution is 5.80. The van der Waals surface area contributed by atoms with Crippen LogP contribution >= 0.6 is 0 Å². The second kappa shape index (κ2) is 11.2. The van der Waals surface area contributed by atoms with Gasteiger partial charge in [0.25, 0.3) is 0 Å². The zero-order chi connectivity index (χ0) is 23.3. The molecule has 1 aromatic rings. The smallest absolute Gasteiger partial charge is 0.226 e. The lowest BCUT2D eigenvalue weighted by atomic mass is 9.95. The van der Waals surface area contributed by atoms with E-state index < -0.39 is 0 Å². The first-order valence-electron chi connectivity index (χ1n) is 13.8. The fraction of sp³-hybridized carbons (Fsp3) is 0.714. The molecular formula is C28H42N4O2. The number of piperidine rings is 2. The van der Waals surface area contributed by atoms with Gasteiger partial charge in [0.2, 0.25) is 11.8 Å². The Bertz CT molecular complexity index is 760. The molecule has 1 aromatic carbocycles. The Kier molecular flexibility index (Phi) is 7.85. The van der Waals surface area contributed by atoms with Crippen molar-refractivity contribution in [2.24, 2.45) is 11.8 Å². The molecule has 2 amide bonds. The molecule has 34 heavy (non-hydrogen) atoms. The van der Waals surface area contributed by atoms with Crippen molar-refractivity contribution < 1.29 is 9.59 Å². The third-order valence-electron chi connectivity index (χ3n) is 8.38. The lowest BCUT2D eigenvalue weighted by molar-refractivity contribution is -0.137. The average Bonchev–Trinajstić information content (AvgIpc) is 3.60. The number of rotatable bonds is 6. The number of likely N-dealkylation sites (tertiary alicyclic amines) is 4. The summed E-state index contributed by atoms with van der Waals surface area (Å²) in [6, 6.07) is 9.05. The number of benzene rings is 1. The van der Waals surface area contributed by atoms with Gasteiger partial charge in [0, 0.05) is 52.4 Å². The molecule has 6 nitrogen and oxygen atoms in total. The van der Waals surface area contributed by atoms with Gasteiger partial charge in [-0.2, -0.15) is 0 Å². The van der Waals surface area contributed by atoms with Gasteiger partial charge in [-0.15, -0.1) is 0 Å². The molecule has 4 aliphatic heterocycles. The van der Waals surface area contributed by atoms with Crippen LogP contribution in [0.5, 0.6) is 0 Å². The Morgan fingerprint density at radius 1 is 0.588 bits per heavy atom. The summed E-state index contributed by atoms with van der Waals surface area (Å²) in [5, 5.41) is 0. The quantitative estimate of drug-likeness (QED) is 0.645. The Morgan fingerprint density at radius 3 is 1.35 bits per heavy atom. The van der Waals surface area contributed by atoms with Crippen molar-refractivity contribution in [3.05, 3.63) is 35.4 Å². The van der Waals surface area contributed by atoms with Gasteiger partial charge in [-0.05, 0) is 75.6 Å². The number of carbonyl (C=O) groups is 2. The summed E-state index contributed by atoms with van der Waals surface area (Å²) in [5.74, 6) is 1.14. The lowest BCUT2D eigenvalue weighted by Crippen LogP contribution is -2.43. The van der Waals surface area contributed by atoms with Crippen LogP contribution in [-0.2, 0) is 22.7 Å². The van der Waals surface area contributed by atoms with Crippen LogP contribution in [0.4, 0.5) is 0 Å². The molecule has 4 saturated heterocycles. The van der Waals surface area contributed by atoms with Crippen molar-refractivity contribution in [1.29, 1.82) is 0 Å². The van der Waals surface area contributed by atoms with Gasteiger partial charge in [-0.25, -0.2) is 0 Å². The van der Waals surface area contributed by atoms with Crippen LogP contribution in [0.3, 0.4) is 0 Å². The van der Waals surface area contributed by atoms with E-state index in [-0.39, 0.29) is 11.8 Å². The van der Waals surface area contributed by atoms with E-state index in [0.717, 1.165) is 91.1 Å². The molecule has 6 heteroatoms. The van der Waals surface area contributed by atoms with Gasteiger partial charge in [0.05, 0.1) is 11.8 Å². The van der Waals surface area contributed by atoms with Gasteiger partial charge in [0.15, 0.2) is 0 Å². The predicted octanol–water partition coefficient (Wildman–Crippen LogP) is 3.36. The maximum absolute atomic E-state index is 12.8. The largest absolute Gasteiger partial charge is 0.342 e. The summed E-state index contributed by atoms with van der Waals surface area (Å²) in [4.78, 5) is 34.8. The van der Waals surface area contributed by atoms with Crippen LogP contribution in [0.2, 0.25) is 0 Å². The molecule has 0 bridgehead atoms. The molecule has 2 atom stereocenters. The minimum atomic E-state index is 0.182. The van der Waals surface area contributed by atoms with Crippen molar-refractivity contribution in [1.82, 2.24) is 19.6 Å². The summed E-state index contributed by atoms with van der Waals surface area (Å²) in [6.45, 7) is 9.68. The number of carbonyl (C=O) groups excluding carboxylic acids is 2. The normalized spacial score (nSPS) is 26.8. The first-order valence-corrected chi connectivity index (χ1v) is 13.8. The van der Waals surface area contributed by atoms with E-state index in [9.17, 15) is 9.59 Å². The summed E-state index contributed by atoms with van der Waals surface area (Å²) in [7, 11) is 0. The molecule has 2 unspecified atom stereocenters. The zero-order valence-corrected chi connectivity index (χ0v) is 20.8. The molecule has 5 rings (SSSR count). The topological polar surface area (TPSA) is 47.1 Å². The molecule has 186 valence electrons. The van der Waals surface area contributed by atoms with Crippen LogP contribution in [0.1, 0.15) is 62.5 Å². The molecule has 4 aliphatic rings. The SMILES string of the molecule is O=C(C1CCCN(Cc2ccc(CN3CCCC(C(=O)N4CCCC4)C3)cc2)C1)N1CCCC1. The van der Waals surface area contributed by atoms with Gasteiger partial charge < -0.3 is 9.80 Å². The fourth-order valence-electron chi connectivity index (χ4n) is 6.46. The minimum Gasteiger partial charge on any atom is -0.342 e. The second-order valence-electron chi connectivity index (χ2n) is 11.0. The number of hydrogen-bond acceptors (Lipinski definition) is 4. The number of hydrogen-bond donors (Lipinski definition) is 0. The fourth-order valence-corrected chi connectivity index (χ4v) is 6.46. The highest BCUT2D eigenvalue weighted by Gasteiger charge is 2.31. The highest BCUT2D eigenvalue weighted by atomic mass is 16.2. The van der Waals surface area contributed by atoms with Crippen molar-refractivity contribution in [2.75, 3.05) is 52.4 Å². The maximum atomic E-state index is 12.8. The van der Waals surface area contributed by atoms with Crippen molar-refractivity contribution >= 4 is 11.8 Å². The predicted molar refractivity (Wildman–Crippen MR) is 134 cm³/mol. The van der Waals surface area contributed by atoms with Crippen LogP contribution in [0.25, 0.3) is 0 Å². The summed E-state index contributed by atoms with van der Waals surface area (Å²) in [6.07, 6.45) is 9.00. The molecule has 4 fully saturated rings. The van der Waals surface area contributed by atoms with Gasteiger partial charge in [-0.1, -0.05) is 24.3 Å². The molecule has 0 N–H and O–H groups in total. The zero-order valence-electron chi connectivity index (χ0n) is 20.8. The molecule has 0 saturated carbocycles. The van der Waals surface area contributed by atoms with E-state index in [1.807, 2.05) is 0 Å². The third-order valence-corrected chi connectivity index (χ3v) is 8.38. The second-order valence-corrected chi connectivity index (χ2v) is 11.0. The monoisotopic (exact) mass is 466 g/mol. The Labute approximate surface area is 205 Å². The first-order chi connectivity index (χ1) is 16.7. The molecule has 4 heterocycles. The molecular weight excluding hydrogens is 424 g/mol. The first kappa shape index (κ1) is 23.8. The van der Waals surface area contributed by atoms with E-state index >= 15 is 0 Å². The van der Waals surface area contributed by atoms with Gasteiger partial charge >= 0.3 is 0 Å². The van der Waals surface area contributed by atoms with E-state index in [0.29, 0.717) is 11.8 Å². The summed E-state index contributed by atoms with van der Waals surface area (Å²) < 4.78 is 0. The van der Waals surface area contributed by atoms with Crippen LogP contribution in [0.15, 0.2) is 24.3 Å². The maximum Gasteiger partial charge on any atom is 0.226 e. The van der Waals surface area contributed by atoms with E-state index in [2.05, 4.69) is 43.9 Å². The Balaban J connectivity index is 1.10. The van der Waals surface area contributed by atoms with Crippen molar-refractivity contribution in [2.45, 2.75) is 64.5 Å². The van der Waals surface area contributed by atoms with Crippen molar-refractivity contribution in [3.63, 3.8) is 0 Å². The highest BCUT2D eigenvalue weighted by Crippen LogP contribution is 2.24. The van der Waals surface area contributed by atoms with E-state index in [4.69, 9.17) is 0 Å². The molecule has 0 spiro atoms. The molecule has 0 aromatic heterocycles.